The van der Waals surface area contributed by atoms with Crippen LogP contribution in [0.15, 0.2) is 0 Å². The Labute approximate surface area is 94.1 Å². The minimum absolute atomic E-state index is 0.0754. The third kappa shape index (κ3) is 5.08. The molecule has 0 saturated carbocycles. The molecule has 0 aromatic rings. The van der Waals surface area contributed by atoms with Crippen LogP contribution in [0.5, 0.6) is 0 Å². The van der Waals surface area contributed by atoms with Crippen LogP contribution in [0, 0.1) is 5.41 Å². The van der Waals surface area contributed by atoms with E-state index in [1.807, 2.05) is 0 Å². The first kappa shape index (κ1) is 14.8. The van der Waals surface area contributed by atoms with Crippen LogP contribution in [0.25, 0.3) is 0 Å². The molecule has 0 atom stereocenters. The standard InChI is InChI=1S/C8H16N2O5S/c1-8(2,7(12)13)6(11)10-4-3-5-16(9,14)15/h3-5H2,1-2H3,(H,10,11)(H,12,13)(H2,9,14,15). The molecule has 0 aliphatic rings. The van der Waals surface area contributed by atoms with E-state index in [1.54, 1.807) is 0 Å². The van der Waals surface area contributed by atoms with Gasteiger partial charge in [-0.2, -0.15) is 0 Å². The molecule has 0 heterocycles. The smallest absolute Gasteiger partial charge is 0.318 e. The summed E-state index contributed by atoms with van der Waals surface area (Å²) >= 11 is 0. The molecule has 8 heteroatoms. The molecule has 0 bridgehead atoms. The molecule has 0 aromatic heterocycles. The minimum Gasteiger partial charge on any atom is -0.480 e. The highest BCUT2D eigenvalue weighted by Gasteiger charge is 2.35. The number of aliphatic carboxylic acids is 1. The second-order valence-corrected chi connectivity index (χ2v) is 5.64. The van der Waals surface area contributed by atoms with Gasteiger partial charge in [0.2, 0.25) is 15.9 Å². The van der Waals surface area contributed by atoms with Gasteiger partial charge in [0.1, 0.15) is 5.41 Å². The fourth-order valence-electron chi connectivity index (χ4n) is 0.793. The molecule has 0 unspecified atom stereocenters. The monoisotopic (exact) mass is 252 g/mol. The number of sulfonamides is 1. The molecule has 0 spiro atoms. The van der Waals surface area contributed by atoms with Crippen LogP contribution in [-0.2, 0) is 19.6 Å². The van der Waals surface area contributed by atoms with Gasteiger partial charge in [0.05, 0.1) is 5.75 Å². The lowest BCUT2D eigenvalue weighted by molar-refractivity contribution is -0.153. The first-order chi connectivity index (χ1) is 7.07. The van der Waals surface area contributed by atoms with Crippen LogP contribution < -0.4 is 10.5 Å². The second-order valence-electron chi connectivity index (χ2n) is 3.91. The maximum atomic E-state index is 11.4. The SMILES string of the molecule is CC(C)(C(=O)O)C(=O)NCCCS(N)(=O)=O. The summed E-state index contributed by atoms with van der Waals surface area (Å²) in [4.78, 5) is 22.0. The largest absolute Gasteiger partial charge is 0.480 e. The molecule has 1 amide bonds. The Bertz CT molecular complexity index is 374. The molecular weight excluding hydrogens is 236 g/mol. The summed E-state index contributed by atoms with van der Waals surface area (Å²) in [5, 5.41) is 15.8. The van der Waals surface area contributed by atoms with Gasteiger partial charge in [-0.1, -0.05) is 0 Å². The van der Waals surface area contributed by atoms with Crippen molar-refractivity contribution in [2.75, 3.05) is 12.3 Å². The zero-order valence-electron chi connectivity index (χ0n) is 9.19. The molecule has 4 N–H and O–H groups in total. The number of amides is 1. The fraction of sp³-hybridized carbons (Fsp3) is 0.750. The molecule has 0 fully saturated rings. The Morgan fingerprint density at radius 3 is 2.25 bits per heavy atom. The number of carboxylic acid groups (broad SMARTS) is 1. The van der Waals surface area contributed by atoms with E-state index in [9.17, 15) is 18.0 Å². The second kappa shape index (κ2) is 5.26. The number of carbonyl (C=O) groups excluding carboxylic acids is 1. The van der Waals surface area contributed by atoms with Gasteiger partial charge in [-0.05, 0) is 20.3 Å². The van der Waals surface area contributed by atoms with Crippen molar-refractivity contribution in [3.8, 4) is 0 Å². The van der Waals surface area contributed by atoms with Gasteiger partial charge in [0, 0.05) is 6.54 Å². The first-order valence-electron chi connectivity index (χ1n) is 4.59. The van der Waals surface area contributed by atoms with Gasteiger partial charge in [-0.25, -0.2) is 13.6 Å². The van der Waals surface area contributed by atoms with E-state index >= 15 is 0 Å². The fourth-order valence-corrected chi connectivity index (χ4v) is 1.34. The molecule has 7 nitrogen and oxygen atoms in total. The van der Waals surface area contributed by atoms with Crippen LogP contribution in [0.4, 0.5) is 0 Å². The number of primary sulfonamides is 1. The summed E-state index contributed by atoms with van der Waals surface area (Å²) in [5.41, 5.74) is -1.53. The van der Waals surface area contributed by atoms with Crippen molar-refractivity contribution < 1.29 is 23.1 Å². The molecule has 16 heavy (non-hydrogen) atoms. The highest BCUT2D eigenvalue weighted by atomic mass is 32.2. The molecule has 0 rings (SSSR count). The van der Waals surface area contributed by atoms with Gasteiger partial charge < -0.3 is 10.4 Å². The van der Waals surface area contributed by atoms with E-state index in [2.05, 4.69) is 5.32 Å². The molecule has 0 saturated heterocycles. The van der Waals surface area contributed by atoms with Crippen molar-refractivity contribution >= 4 is 21.9 Å². The van der Waals surface area contributed by atoms with Gasteiger partial charge >= 0.3 is 5.97 Å². The summed E-state index contributed by atoms with van der Waals surface area (Å²) in [6, 6.07) is 0. The number of carboxylic acids is 1. The Morgan fingerprint density at radius 2 is 1.88 bits per heavy atom. The van der Waals surface area contributed by atoms with Gasteiger partial charge in [0.25, 0.3) is 0 Å². The third-order valence-electron chi connectivity index (χ3n) is 1.99. The van der Waals surface area contributed by atoms with Crippen molar-refractivity contribution in [1.82, 2.24) is 5.32 Å². The van der Waals surface area contributed by atoms with E-state index < -0.39 is 27.3 Å². The van der Waals surface area contributed by atoms with Crippen molar-refractivity contribution in [3.05, 3.63) is 0 Å². The Morgan fingerprint density at radius 1 is 1.38 bits per heavy atom. The first-order valence-corrected chi connectivity index (χ1v) is 6.31. The maximum Gasteiger partial charge on any atom is 0.318 e. The van der Waals surface area contributed by atoms with Crippen LogP contribution in [0.3, 0.4) is 0 Å². The maximum absolute atomic E-state index is 11.4. The summed E-state index contributed by atoms with van der Waals surface area (Å²) in [6.07, 6.45) is 0.153. The van der Waals surface area contributed by atoms with Crippen LogP contribution in [0.2, 0.25) is 0 Å². The summed E-state index contributed by atoms with van der Waals surface area (Å²) in [5.74, 6) is -2.15. The molecule has 0 radical (unpaired) electrons. The zero-order valence-corrected chi connectivity index (χ0v) is 10.0. The Kier molecular flexibility index (Phi) is 4.88. The Balaban J connectivity index is 4.06. The lowest BCUT2D eigenvalue weighted by atomic mass is 9.93. The normalized spacial score (nSPS) is 12.2. The van der Waals surface area contributed by atoms with E-state index in [0.717, 1.165) is 0 Å². The minimum atomic E-state index is -3.54. The molecule has 0 aliphatic heterocycles. The number of rotatable bonds is 6. The van der Waals surface area contributed by atoms with Crippen LogP contribution in [0.1, 0.15) is 20.3 Å². The van der Waals surface area contributed by atoms with Gasteiger partial charge in [0.15, 0.2) is 0 Å². The van der Waals surface area contributed by atoms with E-state index in [4.69, 9.17) is 10.2 Å². The van der Waals surface area contributed by atoms with Crippen molar-refractivity contribution in [2.24, 2.45) is 10.6 Å². The Hall–Kier alpha value is -1.15. The average Bonchev–Trinajstić information content (AvgIpc) is 2.10. The third-order valence-corrected chi connectivity index (χ3v) is 2.85. The van der Waals surface area contributed by atoms with Gasteiger partial charge in [-0.15, -0.1) is 0 Å². The number of hydrogen-bond donors (Lipinski definition) is 3. The molecular formula is C8H16N2O5S. The number of nitrogens with one attached hydrogen (secondary N) is 1. The highest BCUT2D eigenvalue weighted by molar-refractivity contribution is 7.89. The molecule has 94 valence electrons. The lowest BCUT2D eigenvalue weighted by Crippen LogP contribution is -2.43. The van der Waals surface area contributed by atoms with Crippen LogP contribution in [-0.4, -0.2) is 37.7 Å². The predicted molar refractivity (Wildman–Crippen MR) is 57.0 cm³/mol. The lowest BCUT2D eigenvalue weighted by Gasteiger charge is -2.18. The van der Waals surface area contributed by atoms with Gasteiger partial charge in [-0.3, -0.25) is 9.59 Å². The zero-order chi connectivity index (χ0) is 13.0. The molecule has 0 aromatic carbocycles. The average molecular weight is 252 g/mol. The van der Waals surface area contributed by atoms with Crippen molar-refractivity contribution in [1.29, 1.82) is 0 Å². The quantitative estimate of drug-likeness (QED) is 0.408. The highest BCUT2D eigenvalue weighted by Crippen LogP contribution is 2.14. The topological polar surface area (TPSA) is 127 Å². The number of nitrogens with two attached hydrogens (primary N) is 1. The van der Waals surface area contributed by atoms with Crippen molar-refractivity contribution in [3.63, 3.8) is 0 Å². The van der Waals surface area contributed by atoms with Crippen LogP contribution >= 0.6 is 0 Å². The summed E-state index contributed by atoms with van der Waals surface area (Å²) < 4.78 is 21.1. The molecule has 0 aliphatic carbocycles. The summed E-state index contributed by atoms with van der Waals surface area (Å²) in [7, 11) is -3.54. The van der Waals surface area contributed by atoms with Crippen molar-refractivity contribution in [2.45, 2.75) is 20.3 Å². The number of hydrogen-bond acceptors (Lipinski definition) is 4. The predicted octanol–water partition coefficient (Wildman–Crippen LogP) is -1.11. The van der Waals surface area contributed by atoms with E-state index in [-0.39, 0.29) is 18.7 Å². The summed E-state index contributed by atoms with van der Waals surface area (Å²) in [6.45, 7) is 2.61. The van der Waals surface area contributed by atoms with E-state index in [0.29, 0.717) is 0 Å². The number of carbonyl (C=O) groups is 2. The van der Waals surface area contributed by atoms with E-state index in [1.165, 1.54) is 13.8 Å².